The molecule has 0 nitrogen and oxygen atoms in total. The molecular formula is C45H31B. The fourth-order valence-corrected chi connectivity index (χ4v) is 8.65. The summed E-state index contributed by atoms with van der Waals surface area (Å²) in [6.07, 6.45) is 1.98. The quantitative estimate of drug-likeness (QED) is 0.170. The molecule has 2 heterocycles. The molecule has 1 aliphatic carbocycles. The number of aryl methyl sites for hydroxylation is 1. The van der Waals surface area contributed by atoms with E-state index in [1.54, 1.807) is 5.46 Å². The van der Waals surface area contributed by atoms with Gasteiger partial charge in [-0.05, 0) is 104 Å². The molecule has 7 aromatic carbocycles. The molecule has 0 atom stereocenters. The summed E-state index contributed by atoms with van der Waals surface area (Å²) >= 11 is 0. The first-order valence-electron chi connectivity index (χ1n) is 16.5. The first kappa shape index (κ1) is 25.9. The molecule has 1 heteroatoms. The van der Waals surface area contributed by atoms with Crippen LogP contribution in [0.15, 0.2) is 146 Å². The van der Waals surface area contributed by atoms with Gasteiger partial charge in [0.15, 0.2) is 0 Å². The Kier molecular flexibility index (Phi) is 5.51. The smallest absolute Gasteiger partial charge is 0.0667 e. The Labute approximate surface area is 271 Å². The van der Waals surface area contributed by atoms with Crippen molar-refractivity contribution in [2.24, 2.45) is 0 Å². The third-order valence-electron chi connectivity index (χ3n) is 10.7. The van der Waals surface area contributed by atoms with Gasteiger partial charge in [0.2, 0.25) is 6.71 Å². The minimum absolute atomic E-state index is 0.316. The van der Waals surface area contributed by atoms with Crippen LogP contribution in [0, 0.1) is 6.92 Å². The minimum atomic E-state index is 0.316. The van der Waals surface area contributed by atoms with Crippen LogP contribution in [-0.2, 0) is 12.8 Å². The van der Waals surface area contributed by atoms with E-state index in [1.165, 1.54) is 94.4 Å². The maximum Gasteiger partial charge on any atom is 0.242 e. The van der Waals surface area contributed by atoms with E-state index in [-0.39, 0.29) is 0 Å². The van der Waals surface area contributed by atoms with Gasteiger partial charge >= 0.3 is 0 Å². The van der Waals surface area contributed by atoms with Crippen LogP contribution in [0.25, 0.3) is 55.6 Å². The lowest BCUT2D eigenvalue weighted by Crippen LogP contribution is -2.61. The molecule has 3 aliphatic rings. The standard InChI is InChI=1S/C45H31B/c1-28-18-20-39-37-14-5-4-12-35(37)36-13-6-7-15-38(36)42-27-29(19-21-40(42)41(39)22-28)32-25-33-23-30-10-2-8-16-43(30)46-44-17-9-3-11-31(44)24-34(26-32)45(33)46/h2-22,25-27H,23-24H2,1H3. The van der Waals surface area contributed by atoms with Crippen LogP contribution in [-0.4, -0.2) is 6.71 Å². The Hall–Kier alpha value is -5.40. The Morgan fingerprint density at radius 1 is 0.370 bits per heavy atom. The molecule has 0 fully saturated rings. The van der Waals surface area contributed by atoms with Crippen molar-refractivity contribution in [1.82, 2.24) is 0 Å². The number of fused-ring (bicyclic) bond motifs is 12. The summed E-state index contributed by atoms with van der Waals surface area (Å²) in [5.74, 6) is 0. The first-order chi connectivity index (χ1) is 22.7. The Morgan fingerprint density at radius 3 is 1.43 bits per heavy atom. The van der Waals surface area contributed by atoms with E-state index in [0.29, 0.717) is 6.71 Å². The van der Waals surface area contributed by atoms with Gasteiger partial charge in [0.25, 0.3) is 0 Å². The molecule has 0 bridgehead atoms. The van der Waals surface area contributed by atoms with Crippen molar-refractivity contribution in [2.75, 3.05) is 0 Å². The van der Waals surface area contributed by atoms with E-state index in [0.717, 1.165) is 12.8 Å². The molecule has 214 valence electrons. The number of hydrogen-bond acceptors (Lipinski definition) is 0. The Morgan fingerprint density at radius 2 is 0.826 bits per heavy atom. The highest BCUT2D eigenvalue weighted by molar-refractivity contribution is 6.97. The van der Waals surface area contributed by atoms with Crippen molar-refractivity contribution in [3.05, 3.63) is 173 Å². The van der Waals surface area contributed by atoms with Crippen LogP contribution in [0.1, 0.15) is 27.8 Å². The molecule has 0 saturated carbocycles. The van der Waals surface area contributed by atoms with Gasteiger partial charge in [-0.3, -0.25) is 0 Å². The fourth-order valence-electron chi connectivity index (χ4n) is 8.65. The third-order valence-corrected chi connectivity index (χ3v) is 10.7. The summed E-state index contributed by atoms with van der Waals surface area (Å²) in [6.45, 7) is 2.52. The predicted molar refractivity (Wildman–Crippen MR) is 195 cm³/mol. The van der Waals surface area contributed by atoms with Gasteiger partial charge in [-0.25, -0.2) is 0 Å². The van der Waals surface area contributed by atoms with Crippen molar-refractivity contribution in [1.29, 1.82) is 0 Å². The molecule has 0 unspecified atom stereocenters. The second kappa shape index (κ2) is 9.80. The number of hydrogen-bond donors (Lipinski definition) is 0. The summed E-state index contributed by atoms with van der Waals surface area (Å²) in [6, 6.07) is 55.2. The van der Waals surface area contributed by atoms with Gasteiger partial charge in [0.05, 0.1) is 0 Å². The molecule has 0 radical (unpaired) electrons. The second-order valence-corrected chi connectivity index (χ2v) is 13.3. The highest BCUT2D eigenvalue weighted by atomic mass is 14.3. The molecule has 46 heavy (non-hydrogen) atoms. The maximum atomic E-state index is 2.50. The average Bonchev–Trinajstić information content (AvgIpc) is 3.10. The lowest BCUT2D eigenvalue weighted by atomic mass is 9.30. The van der Waals surface area contributed by atoms with Crippen LogP contribution in [0.5, 0.6) is 0 Å². The molecule has 0 N–H and O–H groups in total. The van der Waals surface area contributed by atoms with Crippen LogP contribution < -0.4 is 16.4 Å². The summed E-state index contributed by atoms with van der Waals surface area (Å²) in [4.78, 5) is 0. The highest BCUT2D eigenvalue weighted by Crippen LogP contribution is 2.48. The maximum absolute atomic E-state index is 2.50. The second-order valence-electron chi connectivity index (χ2n) is 13.3. The van der Waals surface area contributed by atoms with E-state index >= 15 is 0 Å². The highest BCUT2D eigenvalue weighted by Gasteiger charge is 2.36. The van der Waals surface area contributed by atoms with E-state index in [4.69, 9.17) is 0 Å². The normalized spacial score (nSPS) is 13.1. The largest absolute Gasteiger partial charge is 0.242 e. The van der Waals surface area contributed by atoms with Gasteiger partial charge in [-0.15, -0.1) is 0 Å². The molecule has 0 amide bonds. The SMILES string of the molecule is Cc1ccc2c(c1)-c1ccc(-c3cc4c5c(c3)Cc3ccccc3B5c3ccccc3C4)cc1-c1ccccc1-c1ccccc1-2. The third kappa shape index (κ3) is 3.75. The summed E-state index contributed by atoms with van der Waals surface area (Å²) in [5.41, 5.74) is 24.6. The lowest BCUT2D eigenvalue weighted by Gasteiger charge is -2.34. The first-order valence-corrected chi connectivity index (χ1v) is 16.5. The average molecular weight is 583 g/mol. The van der Waals surface area contributed by atoms with E-state index in [9.17, 15) is 0 Å². The van der Waals surface area contributed by atoms with Crippen LogP contribution >= 0.6 is 0 Å². The van der Waals surface area contributed by atoms with Gasteiger partial charge in [-0.2, -0.15) is 0 Å². The zero-order chi connectivity index (χ0) is 30.4. The van der Waals surface area contributed by atoms with Crippen molar-refractivity contribution in [3.8, 4) is 55.6 Å². The van der Waals surface area contributed by atoms with Crippen molar-refractivity contribution >= 4 is 23.1 Å². The van der Waals surface area contributed by atoms with E-state index in [1.807, 2.05) is 0 Å². The molecule has 2 aliphatic heterocycles. The molecule has 0 spiro atoms. The van der Waals surface area contributed by atoms with Crippen LogP contribution in [0.2, 0.25) is 0 Å². The molecule has 10 rings (SSSR count). The zero-order valence-electron chi connectivity index (χ0n) is 25.8. The van der Waals surface area contributed by atoms with Crippen molar-refractivity contribution in [3.63, 3.8) is 0 Å². The van der Waals surface area contributed by atoms with Crippen molar-refractivity contribution < 1.29 is 0 Å². The fraction of sp³-hybridized carbons (Fsp3) is 0.0667. The molecule has 0 saturated heterocycles. The predicted octanol–water partition coefficient (Wildman–Crippen LogP) is 8.97. The van der Waals surface area contributed by atoms with Gasteiger partial charge < -0.3 is 0 Å². The van der Waals surface area contributed by atoms with E-state index in [2.05, 4.69) is 153 Å². The minimum Gasteiger partial charge on any atom is -0.0667 e. The van der Waals surface area contributed by atoms with Gasteiger partial charge in [0.1, 0.15) is 0 Å². The molecular weight excluding hydrogens is 551 g/mol. The number of rotatable bonds is 1. The van der Waals surface area contributed by atoms with Gasteiger partial charge in [-0.1, -0.05) is 161 Å². The van der Waals surface area contributed by atoms with Crippen molar-refractivity contribution in [2.45, 2.75) is 19.8 Å². The Balaban J connectivity index is 1.21. The topological polar surface area (TPSA) is 0 Å². The summed E-state index contributed by atoms with van der Waals surface area (Å²) in [5, 5.41) is 0. The molecule has 0 aromatic heterocycles. The Bertz CT molecular complexity index is 2320. The van der Waals surface area contributed by atoms with Crippen LogP contribution in [0.4, 0.5) is 0 Å². The monoisotopic (exact) mass is 582 g/mol. The van der Waals surface area contributed by atoms with Gasteiger partial charge in [0, 0.05) is 0 Å². The van der Waals surface area contributed by atoms with Crippen LogP contribution in [0.3, 0.4) is 0 Å². The zero-order valence-corrected chi connectivity index (χ0v) is 25.8. The lowest BCUT2D eigenvalue weighted by molar-refractivity contribution is 1.15. The van der Waals surface area contributed by atoms with E-state index < -0.39 is 0 Å². The summed E-state index contributed by atoms with van der Waals surface area (Å²) < 4.78 is 0. The number of benzene rings is 7. The molecule has 7 aromatic rings. The summed E-state index contributed by atoms with van der Waals surface area (Å²) in [7, 11) is 0.